The van der Waals surface area contributed by atoms with Gasteiger partial charge in [-0.05, 0) is 20.8 Å². The molecule has 0 aliphatic carbocycles. The van der Waals surface area contributed by atoms with Crippen molar-refractivity contribution in [3.05, 3.63) is 15.6 Å². The first-order valence-corrected chi connectivity index (χ1v) is 7.63. The summed E-state index contributed by atoms with van der Waals surface area (Å²) in [5, 5.41) is 4.20. The minimum atomic E-state index is -0.186. The highest BCUT2D eigenvalue weighted by molar-refractivity contribution is 7.11. The smallest absolute Gasteiger partial charge is 0.318 e. The Morgan fingerprint density at radius 2 is 2.11 bits per heavy atom. The van der Waals surface area contributed by atoms with E-state index in [4.69, 9.17) is 0 Å². The Labute approximate surface area is 119 Å². The molecule has 2 heterocycles. The molecule has 1 aromatic heterocycles. The summed E-state index contributed by atoms with van der Waals surface area (Å²) >= 11 is 1.75. The first-order valence-electron chi connectivity index (χ1n) is 6.82. The molecule has 0 fully saturated rings. The molecule has 106 valence electrons. The number of urea groups is 1. The largest absolute Gasteiger partial charge is 0.333 e. The van der Waals surface area contributed by atoms with E-state index >= 15 is 0 Å². The van der Waals surface area contributed by atoms with Crippen molar-refractivity contribution in [2.45, 2.75) is 59.0 Å². The molecule has 0 spiro atoms. The summed E-state index contributed by atoms with van der Waals surface area (Å²) in [6.07, 6.45) is 0.871. The Morgan fingerprint density at radius 3 is 2.68 bits per heavy atom. The minimum Gasteiger partial charge on any atom is -0.333 e. The van der Waals surface area contributed by atoms with Gasteiger partial charge in [0.2, 0.25) is 0 Å². The van der Waals surface area contributed by atoms with E-state index in [1.54, 1.807) is 11.3 Å². The Hall–Kier alpha value is -1.10. The van der Waals surface area contributed by atoms with Crippen molar-refractivity contribution < 1.29 is 4.79 Å². The van der Waals surface area contributed by atoms with Crippen LogP contribution in [-0.4, -0.2) is 28.0 Å². The number of thiazole rings is 1. The first-order chi connectivity index (χ1) is 8.76. The van der Waals surface area contributed by atoms with Crippen LogP contribution in [0.15, 0.2) is 0 Å². The number of aromatic nitrogens is 1. The van der Waals surface area contributed by atoms with Gasteiger partial charge >= 0.3 is 6.03 Å². The second kappa shape index (κ2) is 5.12. The van der Waals surface area contributed by atoms with E-state index in [1.165, 1.54) is 15.6 Å². The molecule has 2 rings (SSSR count). The second-order valence-electron chi connectivity index (χ2n) is 6.43. The molecule has 1 N–H and O–H groups in total. The van der Waals surface area contributed by atoms with Gasteiger partial charge in [-0.1, -0.05) is 13.8 Å². The number of hydrogen-bond acceptors (Lipinski definition) is 3. The zero-order chi connectivity index (χ0) is 14.2. The number of nitrogens with zero attached hydrogens (tertiary/aromatic N) is 2. The molecule has 4 nitrogen and oxygen atoms in total. The molecule has 0 atom stereocenters. The molecule has 1 aliphatic rings. The van der Waals surface area contributed by atoms with Crippen molar-refractivity contribution in [3.8, 4) is 0 Å². The van der Waals surface area contributed by atoms with E-state index in [2.05, 4.69) is 24.1 Å². The van der Waals surface area contributed by atoms with Crippen molar-refractivity contribution in [1.82, 2.24) is 15.2 Å². The minimum absolute atomic E-state index is 0.0256. The highest BCUT2D eigenvalue weighted by Gasteiger charge is 2.26. The third-order valence-corrected chi connectivity index (χ3v) is 4.39. The summed E-state index contributed by atoms with van der Waals surface area (Å²) in [6.45, 7) is 11.8. The highest BCUT2D eigenvalue weighted by Crippen LogP contribution is 2.29. The Kier molecular flexibility index (Phi) is 3.85. The molecular formula is C14H23N3OS. The van der Waals surface area contributed by atoms with Gasteiger partial charge < -0.3 is 10.2 Å². The summed E-state index contributed by atoms with van der Waals surface area (Å²) in [7, 11) is 0. The fourth-order valence-electron chi connectivity index (χ4n) is 2.04. The lowest BCUT2D eigenvalue weighted by atomic mass is 10.1. The van der Waals surface area contributed by atoms with Crippen LogP contribution in [0.4, 0.5) is 4.79 Å². The molecule has 5 heteroatoms. The van der Waals surface area contributed by atoms with Gasteiger partial charge in [0, 0.05) is 29.3 Å². The van der Waals surface area contributed by atoms with Crippen LogP contribution in [0.1, 0.15) is 56.1 Å². The fourth-order valence-corrected chi connectivity index (χ4v) is 3.17. The predicted octanol–water partition coefficient (Wildman–Crippen LogP) is 3.13. The van der Waals surface area contributed by atoms with Crippen LogP contribution in [0.2, 0.25) is 0 Å². The number of nitrogens with one attached hydrogen (secondary N) is 1. The van der Waals surface area contributed by atoms with Crippen molar-refractivity contribution in [2.24, 2.45) is 0 Å². The maximum Gasteiger partial charge on any atom is 0.318 e. The summed E-state index contributed by atoms with van der Waals surface area (Å²) < 4.78 is 0. The fraction of sp³-hybridized carbons (Fsp3) is 0.714. The van der Waals surface area contributed by atoms with Crippen molar-refractivity contribution >= 4 is 17.4 Å². The van der Waals surface area contributed by atoms with Crippen molar-refractivity contribution in [1.29, 1.82) is 0 Å². The summed E-state index contributed by atoms with van der Waals surface area (Å²) in [4.78, 5) is 20.0. The van der Waals surface area contributed by atoms with Crippen LogP contribution in [0, 0.1) is 0 Å². The van der Waals surface area contributed by atoms with E-state index in [1.807, 2.05) is 25.7 Å². The number of amides is 2. The Balaban J connectivity index is 2.07. The highest BCUT2D eigenvalue weighted by atomic mass is 32.1. The van der Waals surface area contributed by atoms with E-state index in [9.17, 15) is 4.79 Å². The second-order valence-corrected chi connectivity index (χ2v) is 7.54. The maximum atomic E-state index is 12.2. The molecule has 0 saturated carbocycles. The average Bonchev–Trinajstić information content (AvgIpc) is 2.69. The van der Waals surface area contributed by atoms with Crippen molar-refractivity contribution in [3.63, 3.8) is 0 Å². The monoisotopic (exact) mass is 281 g/mol. The molecule has 0 aromatic carbocycles. The molecular weight excluding hydrogens is 258 g/mol. The van der Waals surface area contributed by atoms with Crippen LogP contribution >= 0.6 is 11.3 Å². The van der Waals surface area contributed by atoms with E-state index in [-0.39, 0.29) is 11.6 Å². The number of carbonyl (C=O) groups excluding carboxylic acids is 1. The predicted molar refractivity (Wildman–Crippen MR) is 78.6 cm³/mol. The van der Waals surface area contributed by atoms with Crippen molar-refractivity contribution in [2.75, 3.05) is 6.54 Å². The SMILES string of the molecule is CC(C)c1nc2c(s1)CN(C(=O)NC(C)(C)C)CC2. The molecule has 1 aliphatic heterocycles. The molecule has 0 unspecified atom stereocenters. The summed E-state index contributed by atoms with van der Waals surface area (Å²) in [5.74, 6) is 0.465. The van der Waals surface area contributed by atoms with Crippen LogP contribution in [0.3, 0.4) is 0 Å². The lowest BCUT2D eigenvalue weighted by molar-refractivity contribution is 0.183. The maximum absolute atomic E-state index is 12.2. The third-order valence-electron chi connectivity index (χ3n) is 3.01. The first kappa shape index (κ1) is 14.3. The van der Waals surface area contributed by atoms with Crippen LogP contribution in [0.5, 0.6) is 0 Å². The summed E-state index contributed by atoms with van der Waals surface area (Å²) in [6, 6.07) is 0.0256. The van der Waals surface area contributed by atoms with Crippen LogP contribution in [-0.2, 0) is 13.0 Å². The molecule has 19 heavy (non-hydrogen) atoms. The topological polar surface area (TPSA) is 45.2 Å². The number of fused-ring (bicyclic) bond motifs is 1. The van der Waals surface area contributed by atoms with E-state index in [0.717, 1.165) is 13.0 Å². The zero-order valence-electron chi connectivity index (χ0n) is 12.4. The normalized spacial score (nSPS) is 15.6. The van der Waals surface area contributed by atoms with E-state index in [0.29, 0.717) is 12.5 Å². The third kappa shape index (κ3) is 3.47. The molecule has 0 saturated heterocycles. The summed E-state index contributed by atoms with van der Waals surface area (Å²) in [5.41, 5.74) is 1.00. The van der Waals surface area contributed by atoms with E-state index < -0.39 is 0 Å². The number of carbonyl (C=O) groups is 1. The standard InChI is InChI=1S/C14H23N3OS/c1-9(2)12-15-10-6-7-17(8-11(10)19-12)13(18)16-14(3,4)5/h9H,6-8H2,1-5H3,(H,16,18). The average molecular weight is 281 g/mol. The molecule has 0 radical (unpaired) electrons. The lowest BCUT2D eigenvalue weighted by Crippen LogP contribution is -2.49. The molecule has 1 aromatic rings. The van der Waals surface area contributed by atoms with Gasteiger partial charge in [0.15, 0.2) is 0 Å². The lowest BCUT2D eigenvalue weighted by Gasteiger charge is -2.30. The zero-order valence-corrected chi connectivity index (χ0v) is 13.2. The van der Waals surface area contributed by atoms with Crippen LogP contribution in [0.25, 0.3) is 0 Å². The molecule has 0 bridgehead atoms. The van der Waals surface area contributed by atoms with Gasteiger partial charge in [-0.3, -0.25) is 0 Å². The van der Waals surface area contributed by atoms with Crippen LogP contribution < -0.4 is 5.32 Å². The number of rotatable bonds is 1. The number of hydrogen-bond donors (Lipinski definition) is 1. The van der Waals surface area contributed by atoms with Gasteiger partial charge in [0.1, 0.15) is 0 Å². The molecule has 2 amide bonds. The Morgan fingerprint density at radius 1 is 1.42 bits per heavy atom. The van der Waals surface area contributed by atoms with Gasteiger partial charge in [-0.2, -0.15) is 0 Å². The Bertz CT molecular complexity index is 474. The quantitative estimate of drug-likeness (QED) is 0.859. The van der Waals surface area contributed by atoms with Gasteiger partial charge in [0.05, 0.1) is 17.2 Å². The van der Waals surface area contributed by atoms with Gasteiger partial charge in [0.25, 0.3) is 0 Å². The van der Waals surface area contributed by atoms with Gasteiger partial charge in [-0.25, -0.2) is 9.78 Å². The van der Waals surface area contributed by atoms with Gasteiger partial charge in [-0.15, -0.1) is 11.3 Å².